The van der Waals surface area contributed by atoms with Crippen LogP contribution in [-0.2, 0) is 0 Å². The van der Waals surface area contributed by atoms with Crippen molar-refractivity contribution >= 4 is 28.8 Å². The summed E-state index contributed by atoms with van der Waals surface area (Å²) in [6.07, 6.45) is 0. The third-order valence-electron chi connectivity index (χ3n) is 1.26. The molecule has 0 aliphatic carbocycles. The van der Waals surface area contributed by atoms with Crippen molar-refractivity contribution in [2.75, 3.05) is 6.00 Å². The second-order valence-corrected chi connectivity index (χ2v) is 2.68. The van der Waals surface area contributed by atoms with E-state index in [2.05, 4.69) is 5.32 Å². The van der Waals surface area contributed by atoms with Gasteiger partial charge in [0, 0.05) is 5.56 Å². The van der Waals surface area contributed by atoms with Gasteiger partial charge in [0.1, 0.15) is 4.99 Å². The number of benzene rings is 1. The van der Waals surface area contributed by atoms with Gasteiger partial charge in [-0.15, -0.1) is 11.6 Å². The third kappa shape index (κ3) is 2.48. The Balaban J connectivity index is 2.69. The van der Waals surface area contributed by atoms with Crippen LogP contribution in [0.4, 0.5) is 0 Å². The predicted molar refractivity (Wildman–Crippen MR) is 52.0 cm³/mol. The van der Waals surface area contributed by atoms with Crippen molar-refractivity contribution in [2.45, 2.75) is 0 Å². The number of nitrogens with one attached hydrogen (secondary N) is 1. The molecule has 0 saturated carbocycles. The second-order valence-electron chi connectivity index (χ2n) is 2.01. The van der Waals surface area contributed by atoms with E-state index in [4.69, 9.17) is 23.8 Å². The zero-order valence-electron chi connectivity index (χ0n) is 5.88. The molecule has 1 aromatic carbocycles. The van der Waals surface area contributed by atoms with Crippen molar-refractivity contribution in [1.82, 2.24) is 5.32 Å². The lowest BCUT2D eigenvalue weighted by Crippen LogP contribution is -2.19. The molecule has 0 unspecified atom stereocenters. The molecule has 1 aromatic rings. The average Bonchev–Trinajstić information content (AvgIpc) is 2.07. The van der Waals surface area contributed by atoms with Crippen LogP contribution >= 0.6 is 23.8 Å². The lowest BCUT2D eigenvalue weighted by Gasteiger charge is -2.02. The van der Waals surface area contributed by atoms with Crippen LogP contribution in [0.2, 0.25) is 0 Å². The van der Waals surface area contributed by atoms with E-state index in [1.807, 2.05) is 30.3 Å². The smallest absolute Gasteiger partial charge is 0.107 e. The highest BCUT2D eigenvalue weighted by Crippen LogP contribution is 1.98. The summed E-state index contributed by atoms with van der Waals surface area (Å²) in [6, 6.07) is 10.1. The molecular weight excluding hydrogens is 178 g/mol. The molecule has 0 aliphatic rings. The van der Waals surface area contributed by atoms with Gasteiger partial charge in [-0.25, -0.2) is 0 Å². The van der Waals surface area contributed by atoms with Crippen LogP contribution < -0.4 is 5.32 Å². The second kappa shape index (κ2) is 4.31. The van der Waals surface area contributed by atoms with Crippen LogP contribution in [0.15, 0.2) is 30.3 Å². The molecule has 0 radical (unpaired) electrons. The van der Waals surface area contributed by atoms with E-state index in [0.717, 1.165) is 5.56 Å². The number of thiocarbonyl (C=S) groups is 1. The quantitative estimate of drug-likeness (QED) is 0.431. The van der Waals surface area contributed by atoms with Gasteiger partial charge in [0.15, 0.2) is 0 Å². The lowest BCUT2D eigenvalue weighted by molar-refractivity contribution is 1.14. The molecule has 1 N–H and O–H groups in total. The van der Waals surface area contributed by atoms with Crippen LogP contribution in [-0.4, -0.2) is 11.0 Å². The summed E-state index contributed by atoms with van der Waals surface area (Å²) in [4.78, 5) is 0.695. The minimum absolute atomic E-state index is 0.355. The molecule has 1 nitrogen and oxygen atoms in total. The first-order valence-corrected chi connectivity index (χ1v) is 4.18. The summed E-state index contributed by atoms with van der Waals surface area (Å²) in [6.45, 7) is 0. The van der Waals surface area contributed by atoms with Crippen molar-refractivity contribution in [3.05, 3.63) is 35.9 Å². The molecule has 0 aromatic heterocycles. The Kier molecular flexibility index (Phi) is 3.33. The molecule has 1 rings (SSSR count). The van der Waals surface area contributed by atoms with E-state index >= 15 is 0 Å². The summed E-state index contributed by atoms with van der Waals surface area (Å²) in [5.41, 5.74) is 1.00. The molecule has 0 heterocycles. The van der Waals surface area contributed by atoms with E-state index < -0.39 is 0 Å². The van der Waals surface area contributed by atoms with E-state index in [1.54, 1.807) is 0 Å². The number of halogens is 1. The van der Waals surface area contributed by atoms with Gasteiger partial charge in [0.05, 0.1) is 6.00 Å². The summed E-state index contributed by atoms with van der Waals surface area (Å²) in [5, 5.41) is 2.86. The maximum absolute atomic E-state index is 5.45. The first-order valence-electron chi connectivity index (χ1n) is 3.24. The van der Waals surface area contributed by atoms with Crippen molar-refractivity contribution in [3.8, 4) is 0 Å². The first-order chi connectivity index (χ1) is 5.34. The van der Waals surface area contributed by atoms with Crippen molar-refractivity contribution < 1.29 is 0 Å². The highest BCUT2D eigenvalue weighted by atomic mass is 35.5. The van der Waals surface area contributed by atoms with E-state index in [0.29, 0.717) is 11.0 Å². The zero-order chi connectivity index (χ0) is 8.10. The summed E-state index contributed by atoms with van der Waals surface area (Å²) >= 11 is 10.5. The van der Waals surface area contributed by atoms with Gasteiger partial charge in [0.25, 0.3) is 0 Å². The Bertz CT molecular complexity index is 235. The number of rotatable bonds is 2. The Hall–Kier alpha value is -0.600. The Morgan fingerprint density at radius 1 is 1.36 bits per heavy atom. The SMILES string of the molecule is S=C(NCCl)c1ccccc1. The number of hydrogen-bond acceptors (Lipinski definition) is 1. The minimum atomic E-state index is 0.355. The third-order valence-corrected chi connectivity index (χ3v) is 1.78. The molecule has 58 valence electrons. The Morgan fingerprint density at radius 2 is 2.00 bits per heavy atom. The van der Waals surface area contributed by atoms with E-state index in [-0.39, 0.29) is 0 Å². The molecule has 0 spiro atoms. The Labute approximate surface area is 76.4 Å². The topological polar surface area (TPSA) is 12.0 Å². The van der Waals surface area contributed by atoms with Gasteiger partial charge in [0.2, 0.25) is 0 Å². The molecule has 3 heteroatoms. The van der Waals surface area contributed by atoms with Gasteiger partial charge < -0.3 is 5.32 Å². The van der Waals surface area contributed by atoms with Crippen molar-refractivity contribution in [1.29, 1.82) is 0 Å². The fourth-order valence-electron chi connectivity index (χ4n) is 0.752. The maximum Gasteiger partial charge on any atom is 0.107 e. The standard InChI is InChI=1S/C8H8ClNS/c9-6-10-8(11)7-4-2-1-3-5-7/h1-5H,6H2,(H,10,11). The van der Waals surface area contributed by atoms with Crippen molar-refractivity contribution in [3.63, 3.8) is 0 Å². The normalized spacial score (nSPS) is 9.18. The van der Waals surface area contributed by atoms with Crippen LogP contribution in [0.25, 0.3) is 0 Å². The van der Waals surface area contributed by atoms with Gasteiger partial charge in [-0.3, -0.25) is 0 Å². The summed E-state index contributed by atoms with van der Waals surface area (Å²) < 4.78 is 0. The van der Waals surface area contributed by atoms with Gasteiger partial charge in [-0.05, 0) is 0 Å². The summed E-state index contributed by atoms with van der Waals surface area (Å²) in [7, 11) is 0. The minimum Gasteiger partial charge on any atom is -0.362 e. The predicted octanol–water partition coefficient (Wildman–Crippen LogP) is 2.15. The van der Waals surface area contributed by atoms with Gasteiger partial charge in [-0.2, -0.15) is 0 Å². The highest BCUT2D eigenvalue weighted by molar-refractivity contribution is 7.80. The van der Waals surface area contributed by atoms with Crippen LogP contribution in [0, 0.1) is 0 Å². The number of hydrogen-bond donors (Lipinski definition) is 1. The Morgan fingerprint density at radius 3 is 2.55 bits per heavy atom. The van der Waals surface area contributed by atoms with E-state index in [9.17, 15) is 0 Å². The van der Waals surface area contributed by atoms with Gasteiger partial charge >= 0.3 is 0 Å². The molecule has 0 saturated heterocycles. The molecule has 0 bridgehead atoms. The monoisotopic (exact) mass is 185 g/mol. The number of alkyl halides is 1. The summed E-state index contributed by atoms with van der Waals surface area (Å²) in [5.74, 6) is 0. The molecule has 0 atom stereocenters. The fourth-order valence-corrected chi connectivity index (χ4v) is 1.17. The lowest BCUT2D eigenvalue weighted by atomic mass is 10.2. The molecule has 11 heavy (non-hydrogen) atoms. The zero-order valence-corrected chi connectivity index (χ0v) is 7.45. The molecule has 0 fully saturated rings. The molecule has 0 amide bonds. The van der Waals surface area contributed by atoms with E-state index in [1.165, 1.54) is 0 Å². The molecule has 0 aliphatic heterocycles. The fraction of sp³-hybridized carbons (Fsp3) is 0.125. The first kappa shape index (κ1) is 8.50. The van der Waals surface area contributed by atoms with Crippen molar-refractivity contribution in [2.24, 2.45) is 0 Å². The largest absolute Gasteiger partial charge is 0.362 e. The highest BCUT2D eigenvalue weighted by Gasteiger charge is 1.95. The maximum atomic E-state index is 5.45. The van der Waals surface area contributed by atoms with Crippen LogP contribution in [0.3, 0.4) is 0 Å². The average molecular weight is 186 g/mol. The van der Waals surface area contributed by atoms with Gasteiger partial charge in [-0.1, -0.05) is 42.5 Å². The molecular formula is C8H8ClNS. The van der Waals surface area contributed by atoms with Crippen LogP contribution in [0.5, 0.6) is 0 Å². The van der Waals surface area contributed by atoms with Crippen LogP contribution in [0.1, 0.15) is 5.56 Å².